The van der Waals surface area contributed by atoms with Crippen LogP contribution in [0.4, 0.5) is 0 Å². The highest BCUT2D eigenvalue weighted by Crippen LogP contribution is 2.22. The number of ether oxygens (including phenoxy) is 1. The average molecular weight is 413 g/mol. The van der Waals surface area contributed by atoms with Crippen LogP contribution in [0.3, 0.4) is 0 Å². The van der Waals surface area contributed by atoms with Crippen LogP contribution >= 0.6 is 23.6 Å². The molecule has 1 aromatic heterocycles. The third-order valence-electron chi connectivity index (χ3n) is 4.55. The SMILES string of the molecule is CCNC(=S)N1CCC([C@H](NC(=O)c2cccs2)C(=O)NCCOC)CC1. The molecule has 150 valence electrons. The molecule has 0 aliphatic carbocycles. The lowest BCUT2D eigenvalue weighted by Crippen LogP contribution is -2.54. The van der Waals surface area contributed by atoms with Crippen LogP contribution in [-0.4, -0.2) is 67.8 Å². The molecular formula is C18H28N4O3S2. The summed E-state index contributed by atoms with van der Waals surface area (Å²) >= 11 is 6.74. The second-order valence-electron chi connectivity index (χ2n) is 6.37. The smallest absolute Gasteiger partial charge is 0.262 e. The van der Waals surface area contributed by atoms with Crippen molar-refractivity contribution in [3.05, 3.63) is 22.4 Å². The fourth-order valence-electron chi connectivity index (χ4n) is 3.10. The minimum Gasteiger partial charge on any atom is -0.383 e. The van der Waals surface area contributed by atoms with Gasteiger partial charge in [-0.1, -0.05) is 6.07 Å². The van der Waals surface area contributed by atoms with Gasteiger partial charge >= 0.3 is 0 Å². The predicted molar refractivity (Wildman–Crippen MR) is 111 cm³/mol. The first-order chi connectivity index (χ1) is 13.1. The molecule has 0 spiro atoms. The number of carbonyl (C=O) groups excluding carboxylic acids is 2. The Labute approximate surface area is 169 Å². The Morgan fingerprint density at radius 3 is 2.70 bits per heavy atom. The van der Waals surface area contributed by atoms with Gasteiger partial charge in [0.25, 0.3) is 5.91 Å². The van der Waals surface area contributed by atoms with Gasteiger partial charge in [0.05, 0.1) is 11.5 Å². The summed E-state index contributed by atoms with van der Waals surface area (Å²) < 4.78 is 4.99. The van der Waals surface area contributed by atoms with Crippen LogP contribution in [0.1, 0.15) is 29.4 Å². The molecule has 1 fully saturated rings. The van der Waals surface area contributed by atoms with Gasteiger partial charge in [-0.2, -0.15) is 0 Å². The molecule has 1 aliphatic rings. The number of hydrogen-bond donors (Lipinski definition) is 3. The summed E-state index contributed by atoms with van der Waals surface area (Å²) in [5.74, 6) is -0.302. The van der Waals surface area contributed by atoms with Gasteiger partial charge in [-0.3, -0.25) is 9.59 Å². The first-order valence-electron chi connectivity index (χ1n) is 9.20. The number of methoxy groups -OCH3 is 1. The maximum atomic E-state index is 12.7. The van der Waals surface area contributed by atoms with Gasteiger partial charge in [-0.15, -0.1) is 11.3 Å². The van der Waals surface area contributed by atoms with E-state index in [0.717, 1.165) is 37.6 Å². The molecule has 1 saturated heterocycles. The average Bonchev–Trinajstić information content (AvgIpc) is 3.21. The molecule has 1 aromatic rings. The second kappa shape index (κ2) is 11.2. The highest BCUT2D eigenvalue weighted by Gasteiger charge is 2.33. The largest absolute Gasteiger partial charge is 0.383 e. The summed E-state index contributed by atoms with van der Waals surface area (Å²) in [5.41, 5.74) is 0. The maximum absolute atomic E-state index is 12.7. The van der Waals surface area contributed by atoms with E-state index in [1.807, 2.05) is 18.4 Å². The highest BCUT2D eigenvalue weighted by molar-refractivity contribution is 7.80. The minimum absolute atomic E-state index is 0.0668. The van der Waals surface area contributed by atoms with Gasteiger partial charge in [0, 0.05) is 33.3 Å². The Morgan fingerprint density at radius 2 is 2.11 bits per heavy atom. The van der Waals surface area contributed by atoms with Crippen LogP contribution in [0.15, 0.2) is 17.5 Å². The van der Waals surface area contributed by atoms with E-state index in [1.165, 1.54) is 11.3 Å². The van der Waals surface area contributed by atoms with Crippen molar-refractivity contribution in [2.75, 3.05) is 39.9 Å². The number of piperidine rings is 1. The van der Waals surface area contributed by atoms with Crippen molar-refractivity contribution < 1.29 is 14.3 Å². The predicted octanol–water partition coefficient (Wildman–Crippen LogP) is 1.22. The molecule has 2 heterocycles. The van der Waals surface area contributed by atoms with E-state index >= 15 is 0 Å². The second-order valence-corrected chi connectivity index (χ2v) is 7.71. The Morgan fingerprint density at radius 1 is 1.37 bits per heavy atom. The van der Waals surface area contributed by atoms with Gasteiger partial charge in [0.15, 0.2) is 5.11 Å². The van der Waals surface area contributed by atoms with Crippen molar-refractivity contribution in [2.45, 2.75) is 25.8 Å². The maximum Gasteiger partial charge on any atom is 0.262 e. The number of hydrogen-bond acceptors (Lipinski definition) is 5. The topological polar surface area (TPSA) is 82.7 Å². The van der Waals surface area contributed by atoms with E-state index in [2.05, 4.69) is 20.9 Å². The third kappa shape index (κ3) is 6.44. The Bertz CT molecular complexity index is 616. The summed E-state index contributed by atoms with van der Waals surface area (Å²) in [6.07, 6.45) is 1.58. The number of likely N-dealkylation sites (tertiary alicyclic amines) is 1. The van der Waals surface area contributed by atoms with Gasteiger partial charge in [-0.05, 0) is 49.3 Å². The Hall–Kier alpha value is -1.71. The molecule has 3 N–H and O–H groups in total. The summed E-state index contributed by atoms with van der Waals surface area (Å²) in [6.45, 7) is 5.21. The van der Waals surface area contributed by atoms with E-state index < -0.39 is 6.04 Å². The van der Waals surface area contributed by atoms with Crippen molar-refractivity contribution >= 4 is 40.5 Å². The van der Waals surface area contributed by atoms with Gasteiger partial charge < -0.3 is 25.6 Å². The first-order valence-corrected chi connectivity index (χ1v) is 10.5. The van der Waals surface area contributed by atoms with Crippen LogP contribution < -0.4 is 16.0 Å². The van der Waals surface area contributed by atoms with Gasteiger partial charge in [-0.25, -0.2) is 0 Å². The van der Waals surface area contributed by atoms with Crippen molar-refractivity contribution in [1.82, 2.24) is 20.9 Å². The fourth-order valence-corrected chi connectivity index (χ4v) is 4.06. The normalized spacial score (nSPS) is 15.9. The lowest BCUT2D eigenvalue weighted by molar-refractivity contribution is -0.124. The Kier molecular flexibility index (Phi) is 8.96. The molecule has 7 nitrogen and oxygen atoms in total. The van der Waals surface area contributed by atoms with Crippen molar-refractivity contribution in [1.29, 1.82) is 0 Å². The minimum atomic E-state index is -0.564. The zero-order valence-corrected chi connectivity index (χ0v) is 17.5. The molecule has 2 amide bonds. The summed E-state index contributed by atoms with van der Waals surface area (Å²) in [6, 6.07) is 3.02. The zero-order chi connectivity index (χ0) is 19.6. The number of nitrogens with zero attached hydrogens (tertiary/aromatic N) is 1. The number of thiophene rings is 1. The van der Waals surface area contributed by atoms with E-state index in [1.54, 1.807) is 13.2 Å². The van der Waals surface area contributed by atoms with Crippen LogP contribution in [-0.2, 0) is 9.53 Å². The number of thiocarbonyl (C=S) groups is 1. The molecule has 27 heavy (non-hydrogen) atoms. The molecule has 0 aromatic carbocycles. The first kappa shape index (κ1) is 21.6. The standard InChI is InChI=1S/C18H28N4O3S2/c1-3-19-18(26)22-9-6-13(7-10-22)15(17(24)20-8-11-25-2)21-16(23)14-5-4-12-27-14/h4-5,12-13,15H,3,6-11H2,1-2H3,(H,19,26)(H,20,24)(H,21,23)/t15-/m0/s1. The van der Waals surface area contributed by atoms with Crippen LogP contribution in [0.5, 0.6) is 0 Å². The molecule has 1 aliphatic heterocycles. The lowest BCUT2D eigenvalue weighted by atomic mass is 9.88. The fraction of sp³-hybridized carbons (Fsp3) is 0.611. The molecule has 0 saturated carbocycles. The summed E-state index contributed by atoms with van der Waals surface area (Å²) in [7, 11) is 1.59. The van der Waals surface area contributed by atoms with E-state index in [-0.39, 0.29) is 17.7 Å². The third-order valence-corrected chi connectivity index (χ3v) is 5.82. The van der Waals surface area contributed by atoms with Crippen molar-refractivity contribution in [3.8, 4) is 0 Å². The number of nitrogens with one attached hydrogen (secondary N) is 3. The van der Waals surface area contributed by atoms with Crippen LogP contribution in [0.25, 0.3) is 0 Å². The molecule has 0 bridgehead atoms. The zero-order valence-electron chi connectivity index (χ0n) is 15.8. The highest BCUT2D eigenvalue weighted by atomic mass is 32.1. The number of amides is 2. The van der Waals surface area contributed by atoms with E-state index in [0.29, 0.717) is 18.0 Å². The summed E-state index contributed by atoms with van der Waals surface area (Å²) in [4.78, 5) is 27.9. The van der Waals surface area contributed by atoms with Crippen LogP contribution in [0, 0.1) is 5.92 Å². The van der Waals surface area contributed by atoms with E-state index in [9.17, 15) is 9.59 Å². The van der Waals surface area contributed by atoms with Crippen molar-refractivity contribution in [3.63, 3.8) is 0 Å². The number of rotatable bonds is 8. The monoisotopic (exact) mass is 412 g/mol. The summed E-state index contributed by atoms with van der Waals surface area (Å²) in [5, 5.41) is 11.6. The molecule has 2 rings (SSSR count). The molecule has 9 heteroatoms. The molecule has 1 atom stereocenters. The van der Waals surface area contributed by atoms with Gasteiger partial charge in [0.2, 0.25) is 5.91 Å². The van der Waals surface area contributed by atoms with E-state index in [4.69, 9.17) is 17.0 Å². The molecule has 0 unspecified atom stereocenters. The molecular weight excluding hydrogens is 384 g/mol. The quantitative estimate of drug-likeness (QED) is 0.440. The van der Waals surface area contributed by atoms with Crippen LogP contribution in [0.2, 0.25) is 0 Å². The number of carbonyl (C=O) groups is 2. The van der Waals surface area contributed by atoms with Crippen molar-refractivity contribution in [2.24, 2.45) is 5.92 Å². The molecule has 0 radical (unpaired) electrons. The Balaban J connectivity index is 2.00. The van der Waals surface area contributed by atoms with Gasteiger partial charge in [0.1, 0.15) is 6.04 Å². The lowest BCUT2D eigenvalue weighted by Gasteiger charge is -2.37.